The summed E-state index contributed by atoms with van der Waals surface area (Å²) in [5.41, 5.74) is 0. The molecule has 0 spiro atoms. The number of hydrogen-bond acceptors (Lipinski definition) is 3. The van der Waals surface area contributed by atoms with Gasteiger partial charge in [0.25, 0.3) is 0 Å². The first-order chi connectivity index (χ1) is 4.83. The lowest BCUT2D eigenvalue weighted by atomic mass is 10.2. The molecule has 0 aliphatic carbocycles. The van der Waals surface area contributed by atoms with Gasteiger partial charge in [0, 0.05) is 32.1 Å². The van der Waals surface area contributed by atoms with E-state index in [1.165, 1.54) is 0 Å². The van der Waals surface area contributed by atoms with Crippen LogP contribution >= 0.6 is 0 Å². The number of aldehydes is 1. The molecule has 3 heteroatoms. The molecular formula is C7H14N2O. The maximum absolute atomic E-state index is 10.1. The Kier molecular flexibility index (Phi) is 2.83. The highest BCUT2D eigenvalue weighted by molar-refractivity contribution is 5.50. The highest BCUT2D eigenvalue weighted by Gasteiger charge is 2.14. The first-order valence-corrected chi connectivity index (χ1v) is 3.68. The predicted molar refractivity (Wildman–Crippen MR) is 40.0 cm³/mol. The third-order valence-corrected chi connectivity index (χ3v) is 1.84. The van der Waals surface area contributed by atoms with Crippen molar-refractivity contribution in [2.45, 2.75) is 12.5 Å². The van der Waals surface area contributed by atoms with Crippen molar-refractivity contribution >= 4 is 6.29 Å². The van der Waals surface area contributed by atoms with E-state index in [4.69, 9.17) is 0 Å². The zero-order valence-corrected chi connectivity index (χ0v) is 6.34. The van der Waals surface area contributed by atoms with Crippen LogP contribution in [0.4, 0.5) is 0 Å². The Hall–Kier alpha value is -0.410. The van der Waals surface area contributed by atoms with E-state index < -0.39 is 0 Å². The first-order valence-electron chi connectivity index (χ1n) is 3.68. The number of hydrogen-bond donors (Lipinski definition) is 1. The zero-order chi connectivity index (χ0) is 7.40. The zero-order valence-electron chi connectivity index (χ0n) is 6.34. The molecule has 1 N–H and O–H groups in total. The fourth-order valence-electron chi connectivity index (χ4n) is 1.27. The van der Waals surface area contributed by atoms with Crippen LogP contribution in [0, 0.1) is 0 Å². The van der Waals surface area contributed by atoms with Crippen LogP contribution in [0.3, 0.4) is 0 Å². The monoisotopic (exact) mass is 142 g/mol. The quantitative estimate of drug-likeness (QED) is 0.526. The highest BCUT2D eigenvalue weighted by atomic mass is 16.1. The second kappa shape index (κ2) is 3.68. The van der Waals surface area contributed by atoms with Crippen LogP contribution in [0.5, 0.6) is 0 Å². The maximum Gasteiger partial charge on any atom is 0.121 e. The molecule has 1 aliphatic heterocycles. The van der Waals surface area contributed by atoms with Crippen molar-refractivity contribution in [2.75, 3.05) is 26.7 Å². The minimum Gasteiger partial charge on any atom is -0.311 e. The number of likely N-dealkylation sites (N-methyl/N-ethyl adjacent to an activating group) is 1. The van der Waals surface area contributed by atoms with Gasteiger partial charge in [0.1, 0.15) is 6.29 Å². The second-order valence-electron chi connectivity index (χ2n) is 2.82. The Morgan fingerprint density at radius 2 is 2.60 bits per heavy atom. The molecule has 0 saturated carbocycles. The summed E-state index contributed by atoms with van der Waals surface area (Å²) in [6, 6.07) is 0.385. The van der Waals surface area contributed by atoms with E-state index in [2.05, 4.69) is 17.3 Å². The van der Waals surface area contributed by atoms with Gasteiger partial charge >= 0.3 is 0 Å². The summed E-state index contributed by atoms with van der Waals surface area (Å²) in [5, 5.41) is 3.28. The van der Waals surface area contributed by atoms with Crippen LogP contribution < -0.4 is 5.32 Å². The van der Waals surface area contributed by atoms with Crippen molar-refractivity contribution in [1.29, 1.82) is 0 Å². The molecule has 3 nitrogen and oxygen atoms in total. The van der Waals surface area contributed by atoms with Crippen LogP contribution in [0.1, 0.15) is 6.42 Å². The minimum atomic E-state index is 0.385. The van der Waals surface area contributed by atoms with Gasteiger partial charge in [-0.25, -0.2) is 0 Å². The summed E-state index contributed by atoms with van der Waals surface area (Å²) >= 11 is 0. The lowest BCUT2D eigenvalue weighted by molar-refractivity contribution is -0.108. The number of nitrogens with zero attached hydrogens (tertiary/aromatic N) is 1. The van der Waals surface area contributed by atoms with Gasteiger partial charge < -0.3 is 15.0 Å². The molecule has 0 amide bonds. The van der Waals surface area contributed by atoms with E-state index in [9.17, 15) is 4.79 Å². The van der Waals surface area contributed by atoms with Crippen molar-refractivity contribution in [2.24, 2.45) is 0 Å². The standard InChI is InChI=1S/C7H14N2O/c1-9-4-3-8-7(6-9)2-5-10/h5,7-8H,2-4,6H2,1H3. The van der Waals surface area contributed by atoms with Gasteiger partial charge in [0.05, 0.1) is 0 Å². The van der Waals surface area contributed by atoms with Gasteiger partial charge in [0.15, 0.2) is 0 Å². The summed E-state index contributed by atoms with van der Waals surface area (Å²) < 4.78 is 0. The third-order valence-electron chi connectivity index (χ3n) is 1.84. The molecule has 0 aromatic carbocycles. The molecule has 1 unspecified atom stereocenters. The normalized spacial score (nSPS) is 28.3. The number of carbonyl (C=O) groups excluding carboxylic acids is 1. The van der Waals surface area contributed by atoms with Crippen molar-refractivity contribution in [3.05, 3.63) is 0 Å². The van der Waals surface area contributed by atoms with E-state index in [1.807, 2.05) is 0 Å². The molecule has 1 heterocycles. The molecule has 0 aromatic rings. The third kappa shape index (κ3) is 2.08. The molecule has 1 fully saturated rings. The number of nitrogens with one attached hydrogen (secondary N) is 1. The second-order valence-corrected chi connectivity index (χ2v) is 2.82. The molecular weight excluding hydrogens is 128 g/mol. The first kappa shape index (κ1) is 7.69. The molecule has 0 bridgehead atoms. The fourth-order valence-corrected chi connectivity index (χ4v) is 1.27. The van der Waals surface area contributed by atoms with E-state index in [0.717, 1.165) is 25.9 Å². The Bertz CT molecular complexity index is 116. The van der Waals surface area contributed by atoms with Crippen LogP contribution in [0.2, 0.25) is 0 Å². The molecule has 0 aromatic heterocycles. The SMILES string of the molecule is CN1CCNC(CC=O)C1. The van der Waals surface area contributed by atoms with Crippen molar-refractivity contribution in [3.63, 3.8) is 0 Å². The Morgan fingerprint density at radius 1 is 1.80 bits per heavy atom. The maximum atomic E-state index is 10.1. The molecule has 1 rings (SSSR count). The molecule has 1 saturated heterocycles. The molecule has 10 heavy (non-hydrogen) atoms. The van der Waals surface area contributed by atoms with E-state index in [-0.39, 0.29) is 0 Å². The number of piperazine rings is 1. The predicted octanol–water partition coefficient (Wildman–Crippen LogP) is -0.521. The van der Waals surface area contributed by atoms with E-state index in [0.29, 0.717) is 12.5 Å². The lowest BCUT2D eigenvalue weighted by Gasteiger charge is -2.29. The summed E-state index contributed by atoms with van der Waals surface area (Å²) in [6.07, 6.45) is 1.63. The summed E-state index contributed by atoms with van der Waals surface area (Å²) in [6.45, 7) is 3.10. The van der Waals surface area contributed by atoms with E-state index in [1.54, 1.807) is 0 Å². The van der Waals surface area contributed by atoms with Crippen molar-refractivity contribution < 1.29 is 4.79 Å². The minimum absolute atomic E-state index is 0.385. The van der Waals surface area contributed by atoms with Gasteiger partial charge in [-0.05, 0) is 7.05 Å². The van der Waals surface area contributed by atoms with Crippen LogP contribution in [-0.2, 0) is 4.79 Å². The largest absolute Gasteiger partial charge is 0.311 e. The molecule has 1 atom stereocenters. The lowest BCUT2D eigenvalue weighted by Crippen LogP contribution is -2.49. The summed E-state index contributed by atoms with van der Waals surface area (Å²) in [5.74, 6) is 0. The average molecular weight is 142 g/mol. The summed E-state index contributed by atoms with van der Waals surface area (Å²) in [7, 11) is 2.08. The summed E-state index contributed by atoms with van der Waals surface area (Å²) in [4.78, 5) is 12.4. The van der Waals surface area contributed by atoms with Crippen molar-refractivity contribution in [3.8, 4) is 0 Å². The van der Waals surface area contributed by atoms with Gasteiger partial charge in [-0.1, -0.05) is 0 Å². The molecule has 1 aliphatic rings. The Balaban J connectivity index is 2.24. The van der Waals surface area contributed by atoms with Gasteiger partial charge in [-0.15, -0.1) is 0 Å². The van der Waals surface area contributed by atoms with Crippen LogP contribution in [-0.4, -0.2) is 43.9 Å². The Morgan fingerprint density at radius 3 is 3.20 bits per heavy atom. The van der Waals surface area contributed by atoms with Crippen LogP contribution in [0.15, 0.2) is 0 Å². The van der Waals surface area contributed by atoms with Gasteiger partial charge in [-0.3, -0.25) is 0 Å². The highest BCUT2D eigenvalue weighted by Crippen LogP contribution is 1.97. The molecule has 58 valence electrons. The Labute approximate surface area is 61.4 Å². The van der Waals surface area contributed by atoms with Gasteiger partial charge in [-0.2, -0.15) is 0 Å². The fraction of sp³-hybridized carbons (Fsp3) is 0.857. The average Bonchev–Trinajstić information content (AvgIpc) is 1.88. The topological polar surface area (TPSA) is 32.3 Å². The molecule has 0 radical (unpaired) electrons. The van der Waals surface area contributed by atoms with Crippen LogP contribution in [0.25, 0.3) is 0 Å². The van der Waals surface area contributed by atoms with E-state index >= 15 is 0 Å². The number of carbonyl (C=O) groups is 1. The number of rotatable bonds is 2. The smallest absolute Gasteiger partial charge is 0.121 e. The van der Waals surface area contributed by atoms with Crippen molar-refractivity contribution in [1.82, 2.24) is 10.2 Å². The van der Waals surface area contributed by atoms with Gasteiger partial charge in [0.2, 0.25) is 0 Å².